The number of aliphatic hydroxyl groups is 1. The van der Waals surface area contributed by atoms with Crippen LogP contribution in [-0.2, 0) is 4.79 Å². The number of nitrogens with zero attached hydrogens (tertiary/aromatic N) is 1. The van der Waals surface area contributed by atoms with Crippen molar-refractivity contribution in [2.75, 3.05) is 18.9 Å². The molecule has 1 amide bonds. The van der Waals surface area contributed by atoms with Crippen molar-refractivity contribution in [3.63, 3.8) is 0 Å². The molecule has 0 spiro atoms. The van der Waals surface area contributed by atoms with Gasteiger partial charge in [0.25, 0.3) is 0 Å². The highest BCUT2D eigenvalue weighted by atomic mass is 35.5. The van der Waals surface area contributed by atoms with Crippen LogP contribution >= 0.6 is 11.6 Å². The van der Waals surface area contributed by atoms with Crippen LogP contribution in [0.15, 0.2) is 36.5 Å². The highest BCUT2D eigenvalue weighted by molar-refractivity contribution is 6.30. The summed E-state index contributed by atoms with van der Waals surface area (Å²) in [6.45, 7) is 4.39. The highest BCUT2D eigenvalue weighted by Crippen LogP contribution is 2.60. The minimum Gasteiger partial charge on any atom is -0.491 e. The van der Waals surface area contributed by atoms with Crippen LogP contribution in [0.4, 0.5) is 5.69 Å². The van der Waals surface area contributed by atoms with Crippen molar-refractivity contribution in [3.8, 4) is 5.75 Å². The Morgan fingerprint density at radius 1 is 1.35 bits per heavy atom. The number of nitrogens with two attached hydrogens (primary N) is 1. The van der Waals surface area contributed by atoms with E-state index < -0.39 is 0 Å². The quantitative estimate of drug-likeness (QED) is 0.588. The first kappa shape index (κ1) is 21.9. The molecule has 4 rings (SSSR count). The maximum absolute atomic E-state index is 13.0. The first-order valence-corrected chi connectivity index (χ1v) is 11.3. The van der Waals surface area contributed by atoms with Gasteiger partial charge in [0.05, 0.1) is 17.0 Å². The molecule has 0 bridgehead atoms. The molecule has 1 aliphatic heterocycles. The molecule has 0 unspecified atom stereocenters. The summed E-state index contributed by atoms with van der Waals surface area (Å²) in [4.78, 5) is 17.7. The van der Waals surface area contributed by atoms with Crippen LogP contribution in [0.1, 0.15) is 56.2 Å². The number of hydrogen-bond donors (Lipinski definition) is 3. The second-order valence-electron chi connectivity index (χ2n) is 8.73. The highest BCUT2D eigenvalue weighted by Gasteiger charge is 2.59. The molecule has 0 radical (unpaired) electrons. The van der Waals surface area contributed by atoms with Gasteiger partial charge in [-0.25, -0.2) is 0 Å². The van der Waals surface area contributed by atoms with Crippen LogP contribution in [0, 0.1) is 11.3 Å². The lowest BCUT2D eigenvalue weighted by atomic mass is 9.55. The Hall–Kier alpha value is -2.31. The maximum Gasteiger partial charge on any atom is 0.226 e. The minimum absolute atomic E-state index is 0.0337. The number of nitrogens with one attached hydrogen (secondary N) is 1. The monoisotopic (exact) mass is 443 g/mol. The Bertz CT molecular complexity index is 952. The average Bonchev–Trinajstić information content (AvgIpc) is 3.03. The van der Waals surface area contributed by atoms with E-state index in [2.05, 4.69) is 24.1 Å². The molecule has 1 saturated carbocycles. The summed E-state index contributed by atoms with van der Waals surface area (Å²) >= 11 is 6.13. The lowest BCUT2D eigenvalue weighted by Crippen LogP contribution is -2.44. The van der Waals surface area contributed by atoms with Gasteiger partial charge in [-0.15, -0.1) is 0 Å². The number of halogens is 1. The number of fused-ring (bicyclic) bond motifs is 1. The van der Waals surface area contributed by atoms with E-state index in [1.807, 2.05) is 30.3 Å². The third-order valence-electron chi connectivity index (χ3n) is 7.25. The van der Waals surface area contributed by atoms with Crippen molar-refractivity contribution in [2.24, 2.45) is 11.3 Å². The SMILES string of the molecule is CC[C@@]12CC[C@@H](c3ccc(OCCO)cc3N)[C@H](c3ccc(Cl)cn3)[C@@H]1[C@@H](C)NC2=O. The zero-order valence-electron chi connectivity index (χ0n) is 18.0. The lowest BCUT2D eigenvalue weighted by molar-refractivity contribution is -0.131. The fourth-order valence-corrected chi connectivity index (χ4v) is 6.00. The Morgan fingerprint density at radius 2 is 2.16 bits per heavy atom. The molecule has 2 fully saturated rings. The van der Waals surface area contributed by atoms with Gasteiger partial charge in [-0.3, -0.25) is 9.78 Å². The number of carbonyl (C=O) groups is 1. The second kappa shape index (κ2) is 8.67. The van der Waals surface area contributed by atoms with Crippen LogP contribution in [0.5, 0.6) is 5.75 Å². The summed E-state index contributed by atoms with van der Waals surface area (Å²) in [7, 11) is 0. The van der Waals surface area contributed by atoms with E-state index in [4.69, 9.17) is 27.2 Å². The van der Waals surface area contributed by atoms with E-state index in [0.29, 0.717) is 16.5 Å². The molecule has 31 heavy (non-hydrogen) atoms. The van der Waals surface area contributed by atoms with Gasteiger partial charge in [0, 0.05) is 41.5 Å². The minimum atomic E-state index is -0.388. The fraction of sp³-hybridized carbons (Fsp3) is 0.500. The predicted octanol–water partition coefficient (Wildman–Crippen LogP) is 3.88. The number of hydrogen-bond acceptors (Lipinski definition) is 5. The fourth-order valence-electron chi connectivity index (χ4n) is 5.89. The predicted molar refractivity (Wildman–Crippen MR) is 121 cm³/mol. The van der Waals surface area contributed by atoms with Gasteiger partial charge in [0.1, 0.15) is 12.4 Å². The topological polar surface area (TPSA) is 97.5 Å². The van der Waals surface area contributed by atoms with Gasteiger partial charge in [-0.2, -0.15) is 0 Å². The van der Waals surface area contributed by atoms with E-state index in [1.165, 1.54) is 0 Å². The van der Waals surface area contributed by atoms with E-state index in [-0.39, 0.29) is 48.3 Å². The van der Waals surface area contributed by atoms with Gasteiger partial charge >= 0.3 is 0 Å². The van der Waals surface area contributed by atoms with Crippen LogP contribution in [0.3, 0.4) is 0 Å². The Labute approximate surface area is 188 Å². The molecule has 166 valence electrons. The summed E-state index contributed by atoms with van der Waals surface area (Å²) in [5.41, 5.74) is 8.75. The molecule has 7 heteroatoms. The number of ether oxygens (including phenoxy) is 1. The summed E-state index contributed by atoms with van der Waals surface area (Å²) in [5.74, 6) is 1.07. The third kappa shape index (κ3) is 3.76. The Balaban J connectivity index is 1.79. The molecule has 1 aromatic heterocycles. The van der Waals surface area contributed by atoms with Gasteiger partial charge in [0.15, 0.2) is 0 Å². The van der Waals surface area contributed by atoms with E-state index in [9.17, 15) is 4.79 Å². The summed E-state index contributed by atoms with van der Waals surface area (Å²) < 4.78 is 5.53. The van der Waals surface area contributed by atoms with Crippen molar-refractivity contribution in [3.05, 3.63) is 52.8 Å². The first-order valence-electron chi connectivity index (χ1n) is 11.0. The number of rotatable bonds is 6. The van der Waals surface area contributed by atoms with Crippen LogP contribution in [0.2, 0.25) is 5.02 Å². The largest absolute Gasteiger partial charge is 0.491 e. The van der Waals surface area contributed by atoms with Gasteiger partial charge in [0.2, 0.25) is 5.91 Å². The molecular weight excluding hydrogens is 414 g/mol. The van der Waals surface area contributed by atoms with Gasteiger partial charge in [-0.1, -0.05) is 24.6 Å². The number of anilines is 1. The summed E-state index contributed by atoms with van der Waals surface area (Å²) in [6.07, 6.45) is 4.15. The molecule has 5 atom stereocenters. The van der Waals surface area contributed by atoms with Crippen molar-refractivity contribution < 1.29 is 14.6 Å². The van der Waals surface area contributed by atoms with Gasteiger partial charge < -0.3 is 20.9 Å². The molecule has 1 saturated heterocycles. The number of aromatic nitrogens is 1. The number of carbonyl (C=O) groups excluding carboxylic acids is 1. The Morgan fingerprint density at radius 3 is 2.81 bits per heavy atom. The summed E-state index contributed by atoms with van der Waals surface area (Å²) in [6, 6.07) is 9.63. The molecular formula is C24H30ClN3O3. The molecule has 2 heterocycles. The number of benzene rings is 1. The van der Waals surface area contributed by atoms with Crippen molar-refractivity contribution in [1.82, 2.24) is 10.3 Å². The molecule has 2 aromatic rings. The summed E-state index contributed by atoms with van der Waals surface area (Å²) in [5, 5.41) is 12.8. The number of aliphatic hydroxyl groups excluding tert-OH is 1. The zero-order chi connectivity index (χ0) is 22.2. The van der Waals surface area contributed by atoms with E-state index >= 15 is 0 Å². The van der Waals surface area contributed by atoms with Crippen LogP contribution < -0.4 is 15.8 Å². The Kier molecular flexibility index (Phi) is 6.13. The average molecular weight is 444 g/mol. The van der Waals surface area contributed by atoms with E-state index in [1.54, 1.807) is 6.20 Å². The van der Waals surface area contributed by atoms with Gasteiger partial charge in [-0.05, 0) is 55.9 Å². The molecule has 4 N–H and O–H groups in total. The smallest absolute Gasteiger partial charge is 0.226 e. The maximum atomic E-state index is 13.0. The van der Waals surface area contributed by atoms with Crippen LogP contribution in [0.25, 0.3) is 0 Å². The van der Waals surface area contributed by atoms with E-state index in [0.717, 1.165) is 30.5 Å². The number of nitrogen functional groups attached to an aromatic ring is 1. The number of pyridine rings is 1. The first-order chi connectivity index (χ1) is 14.9. The lowest BCUT2D eigenvalue weighted by Gasteiger charge is -2.47. The standard InChI is InChI=1S/C24H30ClN3O3/c1-3-24-9-8-18(17-6-5-16(12-19(17)26)31-11-10-29)21(20-7-4-15(25)13-27-20)22(24)14(2)28-23(24)30/h4-7,12-14,18,21-22,29H,3,8-11,26H2,1-2H3,(H,28,30)/t14-,18+,21-,22+,24-/m1/s1. The van der Waals surface area contributed by atoms with Crippen molar-refractivity contribution >= 4 is 23.2 Å². The number of amides is 1. The molecule has 1 aromatic carbocycles. The van der Waals surface area contributed by atoms with Crippen molar-refractivity contribution in [1.29, 1.82) is 0 Å². The van der Waals surface area contributed by atoms with Crippen molar-refractivity contribution in [2.45, 2.75) is 51.0 Å². The second-order valence-corrected chi connectivity index (χ2v) is 9.17. The molecule has 6 nitrogen and oxygen atoms in total. The zero-order valence-corrected chi connectivity index (χ0v) is 18.7. The molecule has 2 aliphatic rings. The normalized spacial score (nSPS) is 30.0. The third-order valence-corrected chi connectivity index (χ3v) is 7.47. The molecule has 1 aliphatic carbocycles. The van der Waals surface area contributed by atoms with Crippen LogP contribution in [-0.4, -0.2) is 35.3 Å².